The Bertz CT molecular complexity index is 530. The number of rotatable bonds is 5. The lowest BCUT2D eigenvalue weighted by atomic mass is 9.94. The Morgan fingerprint density at radius 3 is 2.78 bits per heavy atom. The zero-order chi connectivity index (χ0) is 16.7. The number of ether oxygens (including phenoxy) is 2. The molecule has 23 heavy (non-hydrogen) atoms. The molecule has 1 saturated heterocycles. The molecule has 5 nitrogen and oxygen atoms in total. The maximum absolute atomic E-state index is 6.05. The van der Waals surface area contributed by atoms with Crippen LogP contribution in [0.1, 0.15) is 18.4 Å². The predicted molar refractivity (Wildman–Crippen MR) is 94.1 cm³/mol. The van der Waals surface area contributed by atoms with Crippen LogP contribution < -0.4 is 5.32 Å². The molecule has 1 aliphatic rings. The summed E-state index contributed by atoms with van der Waals surface area (Å²) in [6, 6.07) is 7.88. The second kappa shape index (κ2) is 8.52. The monoisotopic (exact) mass is 339 g/mol. The lowest BCUT2D eigenvalue weighted by Gasteiger charge is -2.37. The Labute approximate surface area is 143 Å². The van der Waals surface area contributed by atoms with E-state index >= 15 is 0 Å². The van der Waals surface area contributed by atoms with Crippen molar-refractivity contribution in [1.29, 1.82) is 0 Å². The number of benzene rings is 1. The molecule has 0 radical (unpaired) electrons. The molecule has 1 N–H and O–H groups in total. The summed E-state index contributed by atoms with van der Waals surface area (Å²) >= 11 is 6.05. The molecule has 1 fully saturated rings. The van der Waals surface area contributed by atoms with E-state index in [0.717, 1.165) is 55.7 Å². The van der Waals surface area contributed by atoms with Crippen LogP contribution in [0.25, 0.3) is 0 Å². The van der Waals surface area contributed by atoms with Crippen LogP contribution in [0.3, 0.4) is 0 Å². The van der Waals surface area contributed by atoms with Crippen LogP contribution in [-0.2, 0) is 16.0 Å². The third-order valence-electron chi connectivity index (χ3n) is 4.29. The van der Waals surface area contributed by atoms with Gasteiger partial charge in [0.25, 0.3) is 0 Å². The fraction of sp³-hybridized carbons (Fsp3) is 0.588. The highest BCUT2D eigenvalue weighted by molar-refractivity contribution is 6.30. The second-order valence-electron chi connectivity index (χ2n) is 5.89. The molecule has 0 amide bonds. The van der Waals surface area contributed by atoms with Gasteiger partial charge in [-0.25, -0.2) is 0 Å². The molecule has 0 unspecified atom stereocenters. The Morgan fingerprint density at radius 1 is 1.43 bits per heavy atom. The lowest BCUT2D eigenvalue weighted by molar-refractivity contribution is -0.0857. The highest BCUT2D eigenvalue weighted by Crippen LogP contribution is 2.23. The SMILES string of the molecule is CN=C(NCC1(OC)CCOCC1)N(C)Cc1cccc(Cl)c1. The topological polar surface area (TPSA) is 46.1 Å². The minimum absolute atomic E-state index is 0.176. The molecule has 0 aliphatic carbocycles. The molecule has 2 rings (SSSR count). The van der Waals surface area contributed by atoms with E-state index in [1.807, 2.05) is 25.2 Å². The summed E-state index contributed by atoms with van der Waals surface area (Å²) < 4.78 is 11.2. The highest BCUT2D eigenvalue weighted by atomic mass is 35.5. The second-order valence-corrected chi connectivity index (χ2v) is 6.32. The van der Waals surface area contributed by atoms with E-state index < -0.39 is 0 Å². The van der Waals surface area contributed by atoms with Gasteiger partial charge in [0.15, 0.2) is 5.96 Å². The van der Waals surface area contributed by atoms with Gasteiger partial charge in [0.1, 0.15) is 0 Å². The van der Waals surface area contributed by atoms with Crippen LogP contribution in [0.5, 0.6) is 0 Å². The molecule has 0 atom stereocenters. The minimum atomic E-state index is -0.176. The summed E-state index contributed by atoms with van der Waals surface area (Å²) in [5.74, 6) is 0.841. The van der Waals surface area contributed by atoms with E-state index in [4.69, 9.17) is 21.1 Å². The quantitative estimate of drug-likeness (QED) is 0.661. The average molecular weight is 340 g/mol. The molecule has 1 aromatic rings. The third-order valence-corrected chi connectivity index (χ3v) is 4.52. The van der Waals surface area contributed by atoms with Crippen molar-refractivity contribution in [2.75, 3.05) is 41.0 Å². The van der Waals surface area contributed by atoms with E-state index in [1.54, 1.807) is 14.2 Å². The highest BCUT2D eigenvalue weighted by Gasteiger charge is 2.32. The fourth-order valence-corrected chi connectivity index (χ4v) is 3.02. The summed E-state index contributed by atoms with van der Waals surface area (Å²) in [5, 5.41) is 4.18. The van der Waals surface area contributed by atoms with Crippen LogP contribution in [-0.4, -0.2) is 57.4 Å². The molecule has 6 heteroatoms. The van der Waals surface area contributed by atoms with Gasteiger partial charge in [-0.3, -0.25) is 4.99 Å². The van der Waals surface area contributed by atoms with Gasteiger partial charge in [0.2, 0.25) is 0 Å². The maximum Gasteiger partial charge on any atom is 0.193 e. The van der Waals surface area contributed by atoms with Crippen molar-refractivity contribution in [3.63, 3.8) is 0 Å². The molecule has 0 spiro atoms. The number of nitrogens with one attached hydrogen (secondary N) is 1. The van der Waals surface area contributed by atoms with E-state index in [-0.39, 0.29) is 5.60 Å². The van der Waals surface area contributed by atoms with Crippen LogP contribution in [0.15, 0.2) is 29.3 Å². The molecule has 0 aromatic heterocycles. The molecule has 1 aliphatic heterocycles. The lowest BCUT2D eigenvalue weighted by Crippen LogP contribution is -2.50. The molecule has 1 aromatic carbocycles. The first-order chi connectivity index (χ1) is 11.1. The smallest absolute Gasteiger partial charge is 0.193 e. The zero-order valence-electron chi connectivity index (χ0n) is 14.1. The first-order valence-corrected chi connectivity index (χ1v) is 8.25. The first kappa shape index (κ1) is 18.0. The van der Waals surface area contributed by atoms with Crippen LogP contribution in [0.4, 0.5) is 0 Å². The molecular weight excluding hydrogens is 314 g/mol. The van der Waals surface area contributed by atoms with E-state index in [1.165, 1.54) is 0 Å². The van der Waals surface area contributed by atoms with Gasteiger partial charge in [-0.1, -0.05) is 23.7 Å². The molecule has 0 saturated carbocycles. The standard InChI is InChI=1S/C17H26ClN3O2/c1-19-16(20-13-17(22-3)7-9-23-10-8-17)21(2)12-14-5-4-6-15(18)11-14/h4-6,11H,7-10,12-13H2,1-3H3,(H,19,20). The number of hydrogen-bond donors (Lipinski definition) is 1. The first-order valence-electron chi connectivity index (χ1n) is 7.88. The Balaban J connectivity index is 1.93. The number of hydrogen-bond acceptors (Lipinski definition) is 3. The average Bonchev–Trinajstić information content (AvgIpc) is 2.56. The Morgan fingerprint density at radius 2 is 2.17 bits per heavy atom. The predicted octanol–water partition coefficient (Wildman–Crippen LogP) is 2.54. The van der Waals surface area contributed by atoms with Crippen LogP contribution in [0.2, 0.25) is 5.02 Å². The molecular formula is C17H26ClN3O2. The van der Waals surface area contributed by atoms with Crippen molar-refractivity contribution in [3.05, 3.63) is 34.9 Å². The number of nitrogens with zero attached hydrogens (tertiary/aromatic N) is 2. The number of aliphatic imine (C=N–C) groups is 1. The van der Waals surface area contributed by atoms with Gasteiger partial charge in [0, 0.05) is 65.4 Å². The summed E-state index contributed by atoms with van der Waals surface area (Å²) in [7, 11) is 5.57. The molecule has 128 valence electrons. The van der Waals surface area contributed by atoms with E-state index in [0.29, 0.717) is 0 Å². The van der Waals surface area contributed by atoms with E-state index in [2.05, 4.69) is 21.3 Å². The van der Waals surface area contributed by atoms with Crippen LogP contribution in [0, 0.1) is 0 Å². The fourth-order valence-electron chi connectivity index (χ4n) is 2.81. The Hall–Kier alpha value is -1.30. The van der Waals surface area contributed by atoms with Crippen molar-refractivity contribution >= 4 is 17.6 Å². The van der Waals surface area contributed by atoms with Gasteiger partial charge >= 0.3 is 0 Å². The van der Waals surface area contributed by atoms with Crippen molar-refractivity contribution in [3.8, 4) is 0 Å². The van der Waals surface area contributed by atoms with Crippen molar-refractivity contribution in [2.45, 2.75) is 25.0 Å². The van der Waals surface area contributed by atoms with Gasteiger partial charge < -0.3 is 19.7 Å². The Kier molecular flexibility index (Phi) is 6.69. The summed E-state index contributed by atoms with van der Waals surface area (Å²) in [4.78, 5) is 6.45. The van der Waals surface area contributed by atoms with Crippen molar-refractivity contribution in [2.24, 2.45) is 4.99 Å². The van der Waals surface area contributed by atoms with Crippen LogP contribution >= 0.6 is 11.6 Å². The summed E-state index contributed by atoms with van der Waals surface area (Å²) in [6.07, 6.45) is 1.79. The largest absolute Gasteiger partial charge is 0.381 e. The molecule has 0 bridgehead atoms. The summed E-state index contributed by atoms with van der Waals surface area (Å²) in [6.45, 7) is 2.95. The molecule has 1 heterocycles. The maximum atomic E-state index is 6.05. The van der Waals surface area contributed by atoms with Gasteiger partial charge in [-0.2, -0.15) is 0 Å². The van der Waals surface area contributed by atoms with Crippen molar-refractivity contribution < 1.29 is 9.47 Å². The number of halogens is 1. The zero-order valence-corrected chi connectivity index (χ0v) is 14.9. The van der Waals surface area contributed by atoms with Gasteiger partial charge in [-0.05, 0) is 17.7 Å². The van der Waals surface area contributed by atoms with Gasteiger partial charge in [-0.15, -0.1) is 0 Å². The van der Waals surface area contributed by atoms with Crippen molar-refractivity contribution in [1.82, 2.24) is 10.2 Å². The third kappa shape index (κ3) is 5.09. The van der Waals surface area contributed by atoms with Gasteiger partial charge in [0.05, 0.1) is 5.60 Å². The van der Waals surface area contributed by atoms with E-state index in [9.17, 15) is 0 Å². The normalized spacial score (nSPS) is 17.8. The minimum Gasteiger partial charge on any atom is -0.381 e. The summed E-state index contributed by atoms with van der Waals surface area (Å²) in [5.41, 5.74) is 0.973. The number of guanidine groups is 1. The number of methoxy groups -OCH3 is 1.